The second kappa shape index (κ2) is 6.01. The summed E-state index contributed by atoms with van der Waals surface area (Å²) in [4.78, 5) is 28.9. The number of ketones is 1. The van der Waals surface area contributed by atoms with E-state index >= 15 is 0 Å². The van der Waals surface area contributed by atoms with Crippen molar-refractivity contribution in [3.63, 3.8) is 0 Å². The van der Waals surface area contributed by atoms with E-state index < -0.39 is 6.09 Å². The number of rotatable bonds is 3. The van der Waals surface area contributed by atoms with E-state index in [-0.39, 0.29) is 11.8 Å². The molecule has 1 amide bonds. The highest BCUT2D eigenvalue weighted by Gasteiger charge is 2.24. The zero-order chi connectivity index (χ0) is 15.5. The maximum Gasteiger partial charge on any atom is 0.407 e. The van der Waals surface area contributed by atoms with Crippen molar-refractivity contribution >= 4 is 11.9 Å². The molecule has 1 aromatic heterocycles. The van der Waals surface area contributed by atoms with Crippen LogP contribution >= 0.6 is 0 Å². The molecular formula is C16H17N3O3. The number of amides is 1. The average Bonchev–Trinajstić information content (AvgIpc) is 3.05. The van der Waals surface area contributed by atoms with Crippen molar-refractivity contribution < 1.29 is 14.7 Å². The quantitative estimate of drug-likeness (QED) is 0.883. The maximum atomic E-state index is 12.3. The van der Waals surface area contributed by atoms with Gasteiger partial charge in [-0.3, -0.25) is 4.79 Å². The molecule has 3 rings (SSSR count). The molecule has 0 aliphatic carbocycles. The Kier molecular flexibility index (Phi) is 3.91. The fraction of sp³-hybridized carbons (Fsp3) is 0.312. The Hall–Kier alpha value is -2.63. The van der Waals surface area contributed by atoms with Crippen LogP contribution < -0.4 is 0 Å². The van der Waals surface area contributed by atoms with Gasteiger partial charge in [0.2, 0.25) is 5.78 Å². The number of carbonyl (C=O) groups excluding carboxylic acids is 1. The minimum atomic E-state index is -0.871. The van der Waals surface area contributed by atoms with Crippen molar-refractivity contribution in [2.75, 3.05) is 13.1 Å². The van der Waals surface area contributed by atoms with Crippen LogP contribution in [0.5, 0.6) is 0 Å². The molecule has 22 heavy (non-hydrogen) atoms. The fourth-order valence-electron chi connectivity index (χ4n) is 2.75. The summed E-state index contributed by atoms with van der Waals surface area (Å²) in [5, 5.41) is 8.96. The zero-order valence-corrected chi connectivity index (χ0v) is 12.1. The number of piperidine rings is 1. The molecule has 0 unspecified atom stereocenters. The Bertz CT molecular complexity index is 673. The van der Waals surface area contributed by atoms with Gasteiger partial charge in [-0.1, -0.05) is 30.3 Å². The van der Waals surface area contributed by atoms with Gasteiger partial charge in [0.1, 0.15) is 5.69 Å². The molecule has 6 nitrogen and oxygen atoms in total. The van der Waals surface area contributed by atoms with Crippen molar-refractivity contribution in [3.8, 4) is 0 Å². The number of nitrogens with zero attached hydrogens (tertiary/aromatic N) is 3. The highest BCUT2D eigenvalue weighted by molar-refractivity contribution is 6.07. The molecule has 1 aliphatic rings. The third-order valence-corrected chi connectivity index (χ3v) is 4.03. The van der Waals surface area contributed by atoms with Gasteiger partial charge in [-0.25, -0.2) is 9.78 Å². The smallest absolute Gasteiger partial charge is 0.407 e. The first-order valence-corrected chi connectivity index (χ1v) is 7.26. The molecule has 2 heterocycles. The van der Waals surface area contributed by atoms with Crippen molar-refractivity contribution in [1.82, 2.24) is 14.5 Å². The van der Waals surface area contributed by atoms with E-state index in [2.05, 4.69) is 4.98 Å². The van der Waals surface area contributed by atoms with Crippen molar-refractivity contribution in [1.29, 1.82) is 0 Å². The largest absolute Gasteiger partial charge is 0.465 e. The van der Waals surface area contributed by atoms with E-state index in [0.717, 1.165) is 12.8 Å². The van der Waals surface area contributed by atoms with Gasteiger partial charge in [0.05, 0.1) is 6.33 Å². The molecule has 114 valence electrons. The molecule has 0 atom stereocenters. The van der Waals surface area contributed by atoms with E-state index in [1.165, 1.54) is 4.90 Å². The van der Waals surface area contributed by atoms with Crippen molar-refractivity contribution in [3.05, 3.63) is 54.1 Å². The zero-order valence-electron chi connectivity index (χ0n) is 12.1. The van der Waals surface area contributed by atoms with Gasteiger partial charge in [0, 0.05) is 30.9 Å². The van der Waals surface area contributed by atoms with E-state index in [0.29, 0.717) is 24.3 Å². The molecule has 0 radical (unpaired) electrons. The third-order valence-electron chi connectivity index (χ3n) is 4.03. The Morgan fingerprint density at radius 2 is 1.82 bits per heavy atom. The number of hydrogen-bond acceptors (Lipinski definition) is 3. The van der Waals surface area contributed by atoms with Crippen LogP contribution in [0.25, 0.3) is 0 Å². The number of aromatic nitrogens is 2. The predicted molar refractivity (Wildman–Crippen MR) is 80.0 cm³/mol. The number of benzene rings is 1. The first-order chi connectivity index (χ1) is 10.6. The lowest BCUT2D eigenvalue weighted by Gasteiger charge is -2.30. The minimum absolute atomic E-state index is 0.0951. The lowest BCUT2D eigenvalue weighted by Crippen LogP contribution is -2.37. The number of carboxylic acid groups (broad SMARTS) is 1. The van der Waals surface area contributed by atoms with Crippen molar-refractivity contribution in [2.24, 2.45) is 0 Å². The van der Waals surface area contributed by atoms with Gasteiger partial charge in [-0.05, 0) is 12.8 Å². The normalized spacial score (nSPS) is 15.7. The van der Waals surface area contributed by atoms with Crippen LogP contribution in [0.4, 0.5) is 4.79 Å². The number of hydrogen-bond donors (Lipinski definition) is 1. The molecule has 1 aliphatic heterocycles. The third kappa shape index (κ3) is 2.86. The number of likely N-dealkylation sites (tertiary alicyclic amines) is 1. The first kappa shape index (κ1) is 14.3. The first-order valence-electron chi connectivity index (χ1n) is 7.26. The second-order valence-electron chi connectivity index (χ2n) is 5.40. The van der Waals surface area contributed by atoms with Crippen LogP contribution in [0, 0.1) is 0 Å². The summed E-state index contributed by atoms with van der Waals surface area (Å²) < 4.78 is 1.93. The maximum absolute atomic E-state index is 12.3. The van der Waals surface area contributed by atoms with E-state index in [9.17, 15) is 9.59 Å². The molecule has 1 N–H and O–H groups in total. The van der Waals surface area contributed by atoms with E-state index in [4.69, 9.17) is 5.11 Å². The van der Waals surface area contributed by atoms with Gasteiger partial charge < -0.3 is 14.6 Å². The molecule has 0 saturated carbocycles. The van der Waals surface area contributed by atoms with Gasteiger partial charge >= 0.3 is 6.09 Å². The summed E-state index contributed by atoms with van der Waals surface area (Å²) in [6, 6.07) is 9.25. The minimum Gasteiger partial charge on any atom is -0.465 e. The SMILES string of the molecule is O=C(c1ccccc1)c1cn(C2CCN(C(=O)O)CC2)cn1. The summed E-state index contributed by atoms with van der Waals surface area (Å²) in [5.74, 6) is -0.0951. The Morgan fingerprint density at radius 3 is 2.45 bits per heavy atom. The molecule has 1 aromatic carbocycles. The lowest BCUT2D eigenvalue weighted by molar-refractivity contribution is 0.103. The van der Waals surface area contributed by atoms with Gasteiger partial charge in [-0.2, -0.15) is 0 Å². The molecule has 2 aromatic rings. The van der Waals surface area contributed by atoms with Crippen LogP contribution in [0.1, 0.15) is 34.9 Å². The van der Waals surface area contributed by atoms with E-state index in [1.807, 2.05) is 22.8 Å². The Labute approximate surface area is 128 Å². The molecule has 0 bridgehead atoms. The summed E-state index contributed by atoms with van der Waals surface area (Å²) >= 11 is 0. The Balaban J connectivity index is 1.70. The van der Waals surface area contributed by atoms with Crippen LogP contribution in [-0.2, 0) is 0 Å². The van der Waals surface area contributed by atoms with E-state index in [1.54, 1.807) is 24.7 Å². The highest BCUT2D eigenvalue weighted by atomic mass is 16.4. The average molecular weight is 299 g/mol. The predicted octanol–water partition coefficient (Wildman–Crippen LogP) is 2.43. The number of imidazole rings is 1. The van der Waals surface area contributed by atoms with Crippen LogP contribution in [-0.4, -0.2) is 44.5 Å². The Morgan fingerprint density at radius 1 is 1.14 bits per heavy atom. The van der Waals surface area contributed by atoms with Gasteiger partial charge in [-0.15, -0.1) is 0 Å². The molecule has 6 heteroatoms. The summed E-state index contributed by atoms with van der Waals surface area (Å²) in [6.45, 7) is 1.03. The molecule has 1 saturated heterocycles. The summed E-state index contributed by atoms with van der Waals surface area (Å²) in [6.07, 6.45) is 4.03. The van der Waals surface area contributed by atoms with Crippen LogP contribution in [0.2, 0.25) is 0 Å². The van der Waals surface area contributed by atoms with Gasteiger partial charge in [0.25, 0.3) is 0 Å². The summed E-state index contributed by atoms with van der Waals surface area (Å²) in [7, 11) is 0. The van der Waals surface area contributed by atoms with Crippen LogP contribution in [0.15, 0.2) is 42.9 Å². The van der Waals surface area contributed by atoms with Gasteiger partial charge in [0.15, 0.2) is 0 Å². The summed E-state index contributed by atoms with van der Waals surface area (Å²) in [5.41, 5.74) is 1.04. The topological polar surface area (TPSA) is 75.4 Å². The standard InChI is InChI=1S/C16H17N3O3/c20-15(12-4-2-1-3-5-12)14-10-19(11-17-14)13-6-8-18(9-7-13)16(21)22/h1-5,10-11,13H,6-9H2,(H,21,22). The number of carbonyl (C=O) groups is 2. The molecular weight excluding hydrogens is 282 g/mol. The molecule has 0 spiro atoms. The monoisotopic (exact) mass is 299 g/mol. The van der Waals surface area contributed by atoms with Crippen LogP contribution in [0.3, 0.4) is 0 Å². The second-order valence-corrected chi connectivity index (χ2v) is 5.40. The molecule has 1 fully saturated rings. The lowest BCUT2D eigenvalue weighted by atomic mass is 10.1. The van der Waals surface area contributed by atoms with Crippen molar-refractivity contribution in [2.45, 2.75) is 18.9 Å². The fourth-order valence-corrected chi connectivity index (χ4v) is 2.75. The highest BCUT2D eigenvalue weighted by Crippen LogP contribution is 2.23.